The monoisotopic (exact) mass is 526 g/mol. The molecule has 0 unspecified atom stereocenters. The van der Waals surface area contributed by atoms with Crippen molar-refractivity contribution in [2.24, 2.45) is 7.05 Å². The number of halogens is 1. The molecule has 0 aliphatic rings. The third kappa shape index (κ3) is 4.71. The average molecular weight is 527 g/mol. The number of aromatic nitrogens is 8. The number of H-pyrrole nitrogens is 2. The Morgan fingerprint density at radius 3 is 2.74 bits per heavy atom. The first-order valence-corrected chi connectivity index (χ1v) is 12.4. The molecule has 39 heavy (non-hydrogen) atoms. The second kappa shape index (κ2) is 9.89. The summed E-state index contributed by atoms with van der Waals surface area (Å²) in [7, 11) is 5.78. The Labute approximate surface area is 222 Å². The highest BCUT2D eigenvalue weighted by atomic mass is 19.1. The third-order valence-electron chi connectivity index (χ3n) is 6.45. The standard InChI is InChI=1S/C27H27FN10O/c1-37(2)7-6-30-17-9-15(8-16(28)10-17)18-11-29-12-22-24(18)33-27(32-22)26-25-21(34-35-26)5-4-20(31-25)19-13-38(3)36-23(19)14-39/h4-5,8-13,30,39H,6-7,14H2,1-3H3,(H,32,33)(H,34,35). The summed E-state index contributed by atoms with van der Waals surface area (Å²) in [5.41, 5.74) is 7.22. The molecule has 0 bridgehead atoms. The summed E-state index contributed by atoms with van der Waals surface area (Å²) in [6.07, 6.45) is 5.19. The minimum atomic E-state index is -0.347. The summed E-state index contributed by atoms with van der Waals surface area (Å²) in [5.74, 6) is 0.157. The number of likely N-dealkylation sites (N-methyl/N-ethyl adjacent to an activating group) is 1. The minimum Gasteiger partial charge on any atom is -0.390 e. The second-order valence-corrected chi connectivity index (χ2v) is 9.61. The maximum Gasteiger partial charge on any atom is 0.161 e. The van der Waals surface area contributed by atoms with Crippen LogP contribution in [0.15, 0.2) is 48.9 Å². The summed E-state index contributed by atoms with van der Waals surface area (Å²) in [4.78, 5) is 19.4. The van der Waals surface area contributed by atoms with Crippen molar-refractivity contribution in [2.45, 2.75) is 6.61 Å². The van der Waals surface area contributed by atoms with Crippen LogP contribution < -0.4 is 5.32 Å². The Morgan fingerprint density at radius 2 is 1.92 bits per heavy atom. The quantitative estimate of drug-likeness (QED) is 0.236. The maximum absolute atomic E-state index is 14.6. The first kappa shape index (κ1) is 24.6. The van der Waals surface area contributed by atoms with Gasteiger partial charge in [0.05, 0.1) is 40.7 Å². The second-order valence-electron chi connectivity index (χ2n) is 9.61. The number of nitrogens with one attached hydrogen (secondary N) is 3. The number of hydrogen-bond donors (Lipinski definition) is 4. The van der Waals surface area contributed by atoms with Gasteiger partial charge in [0.2, 0.25) is 0 Å². The molecule has 4 N–H and O–H groups in total. The Bertz CT molecular complexity index is 1800. The van der Waals surface area contributed by atoms with Gasteiger partial charge in [-0.1, -0.05) is 0 Å². The zero-order valence-corrected chi connectivity index (χ0v) is 21.7. The molecule has 6 aromatic rings. The lowest BCUT2D eigenvalue weighted by atomic mass is 10.1. The lowest BCUT2D eigenvalue weighted by molar-refractivity contribution is 0.276. The van der Waals surface area contributed by atoms with Crippen LogP contribution in [0.3, 0.4) is 0 Å². The highest BCUT2D eigenvalue weighted by Gasteiger charge is 2.19. The summed E-state index contributed by atoms with van der Waals surface area (Å²) < 4.78 is 16.2. The number of imidazole rings is 1. The SMILES string of the molecule is CN(C)CCNc1cc(F)cc(-c2cncc3[nH]c(-c4n[nH]c5ccc(-c6cn(C)nc6CO)nc45)nc23)c1. The lowest BCUT2D eigenvalue weighted by Crippen LogP contribution is -2.20. The summed E-state index contributed by atoms with van der Waals surface area (Å²) in [6.45, 7) is 1.31. The van der Waals surface area contributed by atoms with Gasteiger partial charge in [-0.15, -0.1) is 0 Å². The van der Waals surface area contributed by atoms with Gasteiger partial charge in [0, 0.05) is 49.3 Å². The number of aryl methyl sites for hydroxylation is 1. The normalized spacial score (nSPS) is 11.7. The zero-order chi connectivity index (χ0) is 27.1. The Kier molecular flexibility index (Phi) is 6.25. The average Bonchev–Trinajstić information content (AvgIpc) is 3.63. The lowest BCUT2D eigenvalue weighted by Gasteiger charge is -2.12. The molecular formula is C27H27FN10O. The van der Waals surface area contributed by atoms with Crippen molar-refractivity contribution in [3.05, 3.63) is 60.4 Å². The van der Waals surface area contributed by atoms with Crippen molar-refractivity contribution < 1.29 is 9.50 Å². The van der Waals surface area contributed by atoms with Crippen LogP contribution in [0.4, 0.5) is 10.1 Å². The highest BCUT2D eigenvalue weighted by Crippen LogP contribution is 2.33. The van der Waals surface area contributed by atoms with Crippen molar-refractivity contribution in [3.63, 3.8) is 0 Å². The van der Waals surface area contributed by atoms with Gasteiger partial charge in [-0.05, 0) is 50.0 Å². The number of nitrogens with zero attached hydrogens (tertiary/aromatic N) is 7. The number of fused-ring (bicyclic) bond motifs is 2. The molecular weight excluding hydrogens is 499 g/mol. The predicted molar refractivity (Wildman–Crippen MR) is 147 cm³/mol. The molecule has 0 aliphatic carbocycles. The van der Waals surface area contributed by atoms with E-state index in [0.29, 0.717) is 62.8 Å². The largest absolute Gasteiger partial charge is 0.390 e. The van der Waals surface area contributed by atoms with E-state index < -0.39 is 0 Å². The van der Waals surface area contributed by atoms with E-state index in [9.17, 15) is 9.50 Å². The van der Waals surface area contributed by atoms with Crippen LogP contribution in [0, 0.1) is 5.82 Å². The van der Waals surface area contributed by atoms with Crippen molar-refractivity contribution >= 4 is 27.8 Å². The van der Waals surface area contributed by atoms with Crippen LogP contribution in [0.5, 0.6) is 0 Å². The van der Waals surface area contributed by atoms with Gasteiger partial charge in [-0.3, -0.25) is 14.8 Å². The molecule has 0 saturated heterocycles. The molecule has 0 amide bonds. The molecule has 12 heteroatoms. The van der Waals surface area contributed by atoms with E-state index in [1.165, 1.54) is 12.1 Å². The number of pyridine rings is 2. The van der Waals surface area contributed by atoms with E-state index in [0.717, 1.165) is 17.6 Å². The number of aromatic amines is 2. The first-order chi connectivity index (χ1) is 18.9. The predicted octanol–water partition coefficient (Wildman–Crippen LogP) is 3.57. The van der Waals surface area contributed by atoms with Crippen molar-refractivity contribution in [1.29, 1.82) is 0 Å². The number of hydrogen-bond acceptors (Lipinski definition) is 8. The van der Waals surface area contributed by atoms with Gasteiger partial charge < -0.3 is 20.3 Å². The van der Waals surface area contributed by atoms with Crippen LogP contribution in [0.1, 0.15) is 5.69 Å². The van der Waals surface area contributed by atoms with Crippen molar-refractivity contribution in [3.8, 4) is 33.9 Å². The number of aliphatic hydroxyl groups excluding tert-OH is 1. The third-order valence-corrected chi connectivity index (χ3v) is 6.45. The van der Waals surface area contributed by atoms with Gasteiger partial charge in [0.15, 0.2) is 11.5 Å². The molecule has 0 radical (unpaired) electrons. The smallest absolute Gasteiger partial charge is 0.161 e. The summed E-state index contributed by atoms with van der Waals surface area (Å²) in [5, 5.41) is 24.8. The molecule has 0 fully saturated rings. The fraction of sp³-hybridized carbons (Fsp3) is 0.222. The van der Waals surface area contributed by atoms with Gasteiger partial charge in [0.1, 0.15) is 11.3 Å². The van der Waals surface area contributed by atoms with E-state index in [4.69, 9.17) is 9.97 Å². The number of anilines is 1. The fourth-order valence-corrected chi connectivity index (χ4v) is 4.61. The van der Waals surface area contributed by atoms with Crippen molar-refractivity contribution in [2.75, 3.05) is 32.5 Å². The molecule has 11 nitrogen and oxygen atoms in total. The highest BCUT2D eigenvalue weighted by molar-refractivity contribution is 5.96. The molecule has 5 heterocycles. The first-order valence-electron chi connectivity index (χ1n) is 12.4. The van der Waals surface area contributed by atoms with E-state index in [1.807, 2.05) is 38.5 Å². The topological polar surface area (TPSA) is 136 Å². The summed E-state index contributed by atoms with van der Waals surface area (Å²) in [6, 6.07) is 8.59. The van der Waals surface area contributed by atoms with Gasteiger partial charge in [-0.2, -0.15) is 10.2 Å². The maximum atomic E-state index is 14.6. The fourth-order valence-electron chi connectivity index (χ4n) is 4.61. The molecule has 1 aromatic carbocycles. The van der Waals surface area contributed by atoms with Crippen LogP contribution in [-0.2, 0) is 13.7 Å². The van der Waals surface area contributed by atoms with Crippen LogP contribution >= 0.6 is 0 Å². The Balaban J connectivity index is 1.41. The van der Waals surface area contributed by atoms with Crippen LogP contribution in [0.25, 0.3) is 56.0 Å². The minimum absolute atomic E-state index is 0.194. The number of rotatable bonds is 8. The number of benzene rings is 1. The van der Waals surface area contributed by atoms with Gasteiger partial charge in [-0.25, -0.2) is 14.4 Å². The van der Waals surface area contributed by atoms with Gasteiger partial charge in [0.25, 0.3) is 0 Å². The van der Waals surface area contributed by atoms with Gasteiger partial charge >= 0.3 is 0 Å². The van der Waals surface area contributed by atoms with E-state index in [2.05, 4.69) is 35.5 Å². The molecule has 6 rings (SSSR count). The van der Waals surface area contributed by atoms with Crippen LogP contribution in [0.2, 0.25) is 0 Å². The Morgan fingerprint density at radius 1 is 1.05 bits per heavy atom. The van der Waals surface area contributed by atoms with E-state index >= 15 is 0 Å². The zero-order valence-electron chi connectivity index (χ0n) is 21.7. The molecule has 0 spiro atoms. The Hall–Kier alpha value is -4.68. The number of aliphatic hydroxyl groups is 1. The molecule has 5 aromatic heterocycles. The molecule has 198 valence electrons. The van der Waals surface area contributed by atoms with E-state index in [-0.39, 0.29) is 12.4 Å². The molecule has 0 aliphatic heterocycles. The molecule has 0 saturated carbocycles. The van der Waals surface area contributed by atoms with E-state index in [1.54, 1.807) is 24.1 Å². The van der Waals surface area contributed by atoms with Crippen LogP contribution in [-0.4, -0.2) is 77.1 Å². The molecule has 0 atom stereocenters. The van der Waals surface area contributed by atoms with Crippen molar-refractivity contribution in [1.82, 2.24) is 44.8 Å². The summed E-state index contributed by atoms with van der Waals surface area (Å²) >= 11 is 0.